The number of phenolic OH excluding ortho intramolecular Hbond substituents is 1. The minimum Gasteiger partial charge on any atom is -0.508 e. The van der Waals surface area contributed by atoms with Gasteiger partial charge in [0.15, 0.2) is 11.5 Å². The number of nitrogens with one attached hydrogen (secondary N) is 1. The second-order valence-corrected chi connectivity index (χ2v) is 7.22. The number of pyridine rings is 1. The highest BCUT2D eigenvalue weighted by molar-refractivity contribution is 5.78. The van der Waals surface area contributed by atoms with Crippen LogP contribution in [-0.2, 0) is 11.2 Å². The number of amides is 1. The van der Waals surface area contributed by atoms with E-state index in [9.17, 15) is 9.90 Å². The highest BCUT2D eigenvalue weighted by Crippen LogP contribution is 2.43. The van der Waals surface area contributed by atoms with Crippen LogP contribution in [0.3, 0.4) is 0 Å². The maximum atomic E-state index is 12.8. The average molecular weight is 420 g/mol. The van der Waals surface area contributed by atoms with Crippen LogP contribution in [0, 0.1) is 0 Å². The molecule has 7 nitrogen and oxygen atoms in total. The van der Waals surface area contributed by atoms with Gasteiger partial charge in [-0.05, 0) is 35.9 Å². The monoisotopic (exact) mass is 420 g/mol. The molecule has 31 heavy (non-hydrogen) atoms. The summed E-state index contributed by atoms with van der Waals surface area (Å²) in [6, 6.07) is 16.5. The zero-order valence-corrected chi connectivity index (χ0v) is 17.2. The summed E-state index contributed by atoms with van der Waals surface area (Å²) in [4.78, 5) is 17.0. The van der Waals surface area contributed by atoms with Crippen LogP contribution < -0.4 is 19.5 Å². The zero-order chi connectivity index (χ0) is 21.6. The van der Waals surface area contributed by atoms with E-state index in [-0.39, 0.29) is 30.8 Å². The minimum atomic E-state index is -0.366. The number of ether oxygens (including phenoxy) is 3. The van der Waals surface area contributed by atoms with Crippen LogP contribution in [0.2, 0.25) is 0 Å². The quantitative estimate of drug-likeness (QED) is 0.581. The summed E-state index contributed by atoms with van der Waals surface area (Å²) in [5, 5.41) is 13.6. The topological polar surface area (TPSA) is 89.9 Å². The molecule has 4 rings (SSSR count). The Balaban J connectivity index is 1.53. The van der Waals surface area contributed by atoms with Crippen molar-refractivity contribution in [2.24, 2.45) is 0 Å². The van der Waals surface area contributed by atoms with Gasteiger partial charge < -0.3 is 24.6 Å². The zero-order valence-electron chi connectivity index (χ0n) is 17.2. The molecule has 0 spiro atoms. The van der Waals surface area contributed by atoms with E-state index in [1.807, 2.05) is 42.5 Å². The largest absolute Gasteiger partial charge is 0.508 e. The summed E-state index contributed by atoms with van der Waals surface area (Å²) in [7, 11) is 1.60. The summed E-state index contributed by atoms with van der Waals surface area (Å²) in [6.45, 7) is 0.595. The lowest BCUT2D eigenvalue weighted by atomic mass is 9.87. The number of carbonyl (C=O) groups excluding carboxylic acids is 1. The SMILES string of the molecule is COc1ccc(C(CC(=O)NCCc2ccccn2)c2cc3c(cc2O)OCO3)cc1. The fraction of sp³-hybridized carbons (Fsp3) is 0.250. The smallest absolute Gasteiger partial charge is 0.231 e. The molecule has 0 bridgehead atoms. The molecule has 1 aromatic heterocycles. The number of rotatable bonds is 8. The standard InChI is InChI=1S/C24H24N2O5/c1-29-18-7-5-16(6-8-18)19(20-12-22-23(14-21(20)27)31-15-30-22)13-24(28)26-11-9-17-4-2-3-10-25-17/h2-8,10,12,14,19,27H,9,11,13,15H2,1H3,(H,26,28). The highest BCUT2D eigenvalue weighted by atomic mass is 16.7. The molecule has 7 heteroatoms. The van der Waals surface area contributed by atoms with Gasteiger partial charge in [0.05, 0.1) is 7.11 Å². The van der Waals surface area contributed by atoms with Crippen molar-refractivity contribution >= 4 is 5.91 Å². The lowest BCUT2D eigenvalue weighted by molar-refractivity contribution is -0.121. The molecule has 1 amide bonds. The molecule has 2 aromatic carbocycles. The van der Waals surface area contributed by atoms with Gasteiger partial charge >= 0.3 is 0 Å². The number of methoxy groups -OCH3 is 1. The van der Waals surface area contributed by atoms with Crippen LogP contribution >= 0.6 is 0 Å². The predicted molar refractivity (Wildman–Crippen MR) is 115 cm³/mol. The van der Waals surface area contributed by atoms with Gasteiger partial charge in [-0.25, -0.2) is 0 Å². The van der Waals surface area contributed by atoms with Crippen LogP contribution in [0.1, 0.15) is 29.2 Å². The first-order valence-electron chi connectivity index (χ1n) is 10.1. The number of benzene rings is 2. The van der Waals surface area contributed by atoms with Crippen molar-refractivity contribution in [2.45, 2.75) is 18.8 Å². The number of phenols is 1. The summed E-state index contributed by atoms with van der Waals surface area (Å²) < 4.78 is 16.1. The van der Waals surface area contributed by atoms with Gasteiger partial charge in [-0.3, -0.25) is 9.78 Å². The highest BCUT2D eigenvalue weighted by Gasteiger charge is 2.25. The maximum absolute atomic E-state index is 12.8. The second kappa shape index (κ2) is 9.38. The molecular formula is C24H24N2O5. The summed E-state index contributed by atoms with van der Waals surface area (Å²) in [5.41, 5.74) is 2.41. The molecule has 3 aromatic rings. The third kappa shape index (κ3) is 4.88. The molecule has 1 aliphatic rings. The Bertz CT molecular complexity index is 1040. The maximum Gasteiger partial charge on any atom is 0.231 e. The Kier molecular flexibility index (Phi) is 6.21. The number of fused-ring (bicyclic) bond motifs is 1. The van der Waals surface area contributed by atoms with E-state index in [1.54, 1.807) is 19.4 Å². The normalized spacial score (nSPS) is 12.9. The Hall–Kier alpha value is -3.74. The van der Waals surface area contributed by atoms with Crippen molar-refractivity contribution in [2.75, 3.05) is 20.4 Å². The molecule has 0 radical (unpaired) electrons. The number of aromatic nitrogens is 1. The van der Waals surface area contributed by atoms with Crippen molar-refractivity contribution in [3.63, 3.8) is 0 Å². The minimum absolute atomic E-state index is 0.0614. The number of hydrogen-bond acceptors (Lipinski definition) is 6. The van der Waals surface area contributed by atoms with Crippen LogP contribution in [0.25, 0.3) is 0 Å². The molecule has 1 unspecified atom stereocenters. The van der Waals surface area contributed by atoms with Crippen molar-refractivity contribution in [3.8, 4) is 23.0 Å². The van der Waals surface area contributed by atoms with Gasteiger partial charge in [0.25, 0.3) is 0 Å². The Labute approximate surface area is 180 Å². The number of aromatic hydroxyl groups is 1. The van der Waals surface area contributed by atoms with Gasteiger partial charge in [0.1, 0.15) is 11.5 Å². The molecular weight excluding hydrogens is 396 g/mol. The van der Waals surface area contributed by atoms with Crippen molar-refractivity contribution in [3.05, 3.63) is 77.6 Å². The van der Waals surface area contributed by atoms with Gasteiger partial charge in [0, 0.05) is 48.8 Å². The van der Waals surface area contributed by atoms with E-state index in [0.29, 0.717) is 30.0 Å². The van der Waals surface area contributed by atoms with Crippen LogP contribution in [0.15, 0.2) is 60.8 Å². The van der Waals surface area contributed by atoms with Crippen LogP contribution in [-0.4, -0.2) is 36.4 Å². The Morgan fingerprint density at radius 1 is 1.16 bits per heavy atom. The van der Waals surface area contributed by atoms with E-state index >= 15 is 0 Å². The Morgan fingerprint density at radius 3 is 2.65 bits per heavy atom. The van der Waals surface area contributed by atoms with E-state index in [0.717, 1.165) is 17.0 Å². The molecule has 0 fully saturated rings. The van der Waals surface area contributed by atoms with Crippen molar-refractivity contribution in [1.29, 1.82) is 0 Å². The molecule has 0 saturated carbocycles. The first kappa shape index (κ1) is 20.5. The van der Waals surface area contributed by atoms with Gasteiger partial charge in [-0.15, -0.1) is 0 Å². The number of hydrogen-bond donors (Lipinski definition) is 2. The summed E-state index contributed by atoms with van der Waals surface area (Å²) in [5.74, 6) is 1.35. The van der Waals surface area contributed by atoms with E-state index < -0.39 is 0 Å². The fourth-order valence-electron chi connectivity index (χ4n) is 3.60. The fourth-order valence-corrected chi connectivity index (χ4v) is 3.60. The van der Waals surface area contributed by atoms with Crippen LogP contribution in [0.5, 0.6) is 23.0 Å². The first-order valence-corrected chi connectivity index (χ1v) is 10.1. The summed E-state index contributed by atoms with van der Waals surface area (Å²) >= 11 is 0. The van der Waals surface area contributed by atoms with Crippen molar-refractivity contribution < 1.29 is 24.1 Å². The number of nitrogens with zero attached hydrogens (tertiary/aromatic N) is 1. The Morgan fingerprint density at radius 2 is 1.94 bits per heavy atom. The predicted octanol–water partition coefficient (Wildman–Crippen LogP) is 3.41. The van der Waals surface area contributed by atoms with E-state index in [1.165, 1.54) is 6.07 Å². The van der Waals surface area contributed by atoms with Gasteiger partial charge in [-0.1, -0.05) is 18.2 Å². The lowest BCUT2D eigenvalue weighted by Crippen LogP contribution is -2.27. The third-order valence-corrected chi connectivity index (χ3v) is 5.23. The van der Waals surface area contributed by atoms with Gasteiger partial charge in [-0.2, -0.15) is 0 Å². The van der Waals surface area contributed by atoms with E-state index in [4.69, 9.17) is 14.2 Å². The molecule has 160 valence electrons. The average Bonchev–Trinajstić information content (AvgIpc) is 3.25. The number of carbonyl (C=O) groups is 1. The third-order valence-electron chi connectivity index (χ3n) is 5.23. The van der Waals surface area contributed by atoms with Gasteiger partial charge in [0.2, 0.25) is 12.7 Å². The van der Waals surface area contributed by atoms with E-state index in [2.05, 4.69) is 10.3 Å². The lowest BCUT2D eigenvalue weighted by Gasteiger charge is -2.20. The molecule has 1 aliphatic heterocycles. The molecule has 0 saturated heterocycles. The van der Waals surface area contributed by atoms with Crippen LogP contribution in [0.4, 0.5) is 0 Å². The molecule has 1 atom stereocenters. The van der Waals surface area contributed by atoms with Crippen molar-refractivity contribution in [1.82, 2.24) is 10.3 Å². The molecule has 2 N–H and O–H groups in total. The second-order valence-electron chi connectivity index (χ2n) is 7.22. The molecule has 0 aliphatic carbocycles. The summed E-state index contributed by atoms with van der Waals surface area (Å²) in [6.07, 6.45) is 2.55. The molecule has 2 heterocycles. The first-order chi connectivity index (χ1) is 15.1.